The molecule has 0 saturated carbocycles. The highest BCUT2D eigenvalue weighted by molar-refractivity contribution is 6.01. The molecule has 10 heteroatoms. The average molecular weight is 434 g/mol. The second-order valence-corrected chi connectivity index (χ2v) is 6.82. The molecule has 0 aliphatic heterocycles. The highest BCUT2D eigenvalue weighted by atomic mass is 19.1. The number of halogens is 1. The van der Waals surface area contributed by atoms with Crippen molar-refractivity contribution in [3.63, 3.8) is 0 Å². The molecule has 0 unspecified atom stereocenters. The Bertz CT molecular complexity index is 1320. The summed E-state index contributed by atoms with van der Waals surface area (Å²) in [6, 6.07) is 11.7. The van der Waals surface area contributed by atoms with Crippen LogP contribution in [-0.2, 0) is 7.05 Å². The number of anilines is 2. The minimum absolute atomic E-state index is 0.117. The molecule has 4 aromatic rings. The SMILES string of the molecule is CNC(=O)c1cc(Oc2cc(NC(=O)Nc3ccc4c(cnn4C)c3)ccc2F)ccn1. The van der Waals surface area contributed by atoms with Crippen LogP contribution in [0.15, 0.2) is 60.9 Å². The third-order valence-corrected chi connectivity index (χ3v) is 4.61. The van der Waals surface area contributed by atoms with Gasteiger partial charge in [-0.1, -0.05) is 0 Å². The van der Waals surface area contributed by atoms with Crippen LogP contribution in [0.3, 0.4) is 0 Å². The molecule has 32 heavy (non-hydrogen) atoms. The number of benzene rings is 2. The molecule has 0 fully saturated rings. The topological polar surface area (TPSA) is 110 Å². The first-order valence-corrected chi connectivity index (χ1v) is 9.58. The number of carbonyl (C=O) groups is 2. The van der Waals surface area contributed by atoms with Gasteiger partial charge in [-0.15, -0.1) is 0 Å². The van der Waals surface area contributed by atoms with Crippen LogP contribution in [-0.4, -0.2) is 33.8 Å². The number of aromatic nitrogens is 3. The summed E-state index contributed by atoms with van der Waals surface area (Å²) in [7, 11) is 3.31. The summed E-state index contributed by atoms with van der Waals surface area (Å²) in [5, 5.41) is 12.9. The molecule has 2 heterocycles. The van der Waals surface area contributed by atoms with Gasteiger partial charge in [0.25, 0.3) is 5.91 Å². The molecule has 0 spiro atoms. The highest BCUT2D eigenvalue weighted by Crippen LogP contribution is 2.28. The molecule has 0 bridgehead atoms. The van der Waals surface area contributed by atoms with Crippen molar-refractivity contribution in [3.05, 3.63) is 72.4 Å². The molecule has 2 aromatic heterocycles. The third-order valence-electron chi connectivity index (χ3n) is 4.61. The summed E-state index contributed by atoms with van der Waals surface area (Å²) in [5.74, 6) is -0.915. The summed E-state index contributed by atoms with van der Waals surface area (Å²) < 4.78 is 21.6. The van der Waals surface area contributed by atoms with Gasteiger partial charge in [0, 0.05) is 49.2 Å². The lowest BCUT2D eigenvalue weighted by Crippen LogP contribution is -2.19. The number of ether oxygens (including phenoxy) is 1. The number of hydrogen-bond acceptors (Lipinski definition) is 5. The number of pyridine rings is 1. The fourth-order valence-electron chi connectivity index (χ4n) is 3.05. The predicted octanol–water partition coefficient (Wildman–Crippen LogP) is 3.90. The summed E-state index contributed by atoms with van der Waals surface area (Å²) >= 11 is 0. The number of fused-ring (bicyclic) bond motifs is 1. The van der Waals surface area contributed by atoms with E-state index >= 15 is 0 Å². The van der Waals surface area contributed by atoms with Gasteiger partial charge in [0.05, 0.1) is 11.7 Å². The van der Waals surface area contributed by atoms with Gasteiger partial charge in [0.1, 0.15) is 11.4 Å². The summed E-state index contributed by atoms with van der Waals surface area (Å²) in [4.78, 5) is 28.1. The van der Waals surface area contributed by atoms with Gasteiger partial charge in [-0.05, 0) is 36.4 Å². The normalized spacial score (nSPS) is 10.6. The molecule has 0 saturated heterocycles. The van der Waals surface area contributed by atoms with Gasteiger partial charge >= 0.3 is 6.03 Å². The zero-order valence-corrected chi connectivity index (χ0v) is 17.2. The Labute approximate surface area is 182 Å². The van der Waals surface area contributed by atoms with Gasteiger partial charge in [-0.25, -0.2) is 9.18 Å². The van der Waals surface area contributed by atoms with E-state index in [4.69, 9.17) is 4.74 Å². The van der Waals surface area contributed by atoms with E-state index in [1.54, 1.807) is 23.0 Å². The van der Waals surface area contributed by atoms with Crippen molar-refractivity contribution >= 4 is 34.2 Å². The van der Waals surface area contributed by atoms with Crippen LogP contribution < -0.4 is 20.7 Å². The van der Waals surface area contributed by atoms with E-state index in [2.05, 4.69) is 26.0 Å². The van der Waals surface area contributed by atoms with E-state index < -0.39 is 17.8 Å². The Morgan fingerprint density at radius 1 is 1.03 bits per heavy atom. The Hall–Kier alpha value is -4.47. The second kappa shape index (κ2) is 8.72. The number of rotatable bonds is 5. The summed E-state index contributed by atoms with van der Waals surface area (Å²) in [6.45, 7) is 0. The number of amides is 3. The Balaban J connectivity index is 1.47. The van der Waals surface area contributed by atoms with E-state index in [0.717, 1.165) is 10.9 Å². The molecular formula is C22H19FN6O3. The maximum Gasteiger partial charge on any atom is 0.323 e. The third kappa shape index (κ3) is 4.48. The van der Waals surface area contributed by atoms with E-state index in [1.165, 1.54) is 43.6 Å². The van der Waals surface area contributed by atoms with Crippen LogP contribution in [0.4, 0.5) is 20.6 Å². The fourth-order valence-corrected chi connectivity index (χ4v) is 3.05. The summed E-state index contributed by atoms with van der Waals surface area (Å²) in [6.07, 6.45) is 3.09. The van der Waals surface area contributed by atoms with E-state index in [0.29, 0.717) is 11.4 Å². The first kappa shape index (κ1) is 20.8. The number of nitrogens with zero attached hydrogens (tertiary/aromatic N) is 3. The number of urea groups is 1. The van der Waals surface area contributed by atoms with Gasteiger partial charge in [0.15, 0.2) is 11.6 Å². The molecule has 4 rings (SSSR count). The Morgan fingerprint density at radius 3 is 2.56 bits per heavy atom. The molecule has 3 N–H and O–H groups in total. The van der Waals surface area contributed by atoms with Crippen molar-refractivity contribution in [1.82, 2.24) is 20.1 Å². The lowest BCUT2D eigenvalue weighted by molar-refractivity contribution is 0.0958. The van der Waals surface area contributed by atoms with Crippen molar-refractivity contribution in [2.75, 3.05) is 17.7 Å². The molecule has 9 nitrogen and oxygen atoms in total. The number of hydrogen-bond donors (Lipinski definition) is 3. The molecular weight excluding hydrogens is 415 g/mol. The monoisotopic (exact) mass is 434 g/mol. The quantitative estimate of drug-likeness (QED) is 0.441. The molecule has 0 atom stereocenters. The zero-order chi connectivity index (χ0) is 22.7. The standard InChI is InChI=1S/C22H19FN6O3/c1-24-21(30)18-11-16(7-8-25-18)32-20-10-15(3-5-17(20)23)28-22(31)27-14-4-6-19-13(9-14)12-26-29(19)2/h3-12H,1-2H3,(H,24,30)(H2,27,28,31). The van der Waals surface area contributed by atoms with Crippen molar-refractivity contribution in [1.29, 1.82) is 0 Å². The van der Waals surface area contributed by atoms with E-state index in [9.17, 15) is 14.0 Å². The maximum absolute atomic E-state index is 14.3. The van der Waals surface area contributed by atoms with Crippen molar-refractivity contribution in [3.8, 4) is 11.5 Å². The minimum atomic E-state index is -0.628. The maximum atomic E-state index is 14.3. The average Bonchev–Trinajstić information content (AvgIpc) is 3.15. The molecule has 0 aliphatic carbocycles. The fraction of sp³-hybridized carbons (Fsp3) is 0.0909. The first-order chi connectivity index (χ1) is 15.4. The number of carbonyl (C=O) groups excluding carboxylic acids is 2. The van der Waals surface area contributed by atoms with Gasteiger partial charge in [-0.3, -0.25) is 14.5 Å². The lowest BCUT2D eigenvalue weighted by atomic mass is 10.2. The smallest absolute Gasteiger partial charge is 0.323 e. The van der Waals surface area contributed by atoms with Gasteiger partial charge in [-0.2, -0.15) is 5.10 Å². The van der Waals surface area contributed by atoms with Crippen LogP contribution in [0.2, 0.25) is 0 Å². The minimum Gasteiger partial charge on any atom is -0.454 e. The number of nitrogens with one attached hydrogen (secondary N) is 3. The molecule has 0 aliphatic rings. The molecule has 162 valence electrons. The van der Waals surface area contributed by atoms with Crippen LogP contribution in [0.1, 0.15) is 10.5 Å². The van der Waals surface area contributed by atoms with Crippen LogP contribution >= 0.6 is 0 Å². The van der Waals surface area contributed by atoms with Gasteiger partial charge < -0.3 is 20.7 Å². The Morgan fingerprint density at radius 2 is 1.78 bits per heavy atom. The summed E-state index contributed by atoms with van der Waals surface area (Å²) in [5.41, 5.74) is 1.97. The first-order valence-electron chi connectivity index (χ1n) is 9.58. The lowest BCUT2D eigenvalue weighted by Gasteiger charge is -2.11. The van der Waals surface area contributed by atoms with Crippen LogP contribution in [0.25, 0.3) is 10.9 Å². The van der Waals surface area contributed by atoms with Crippen molar-refractivity contribution in [2.24, 2.45) is 7.05 Å². The number of aryl methyl sites for hydroxylation is 1. The zero-order valence-electron chi connectivity index (χ0n) is 17.2. The largest absolute Gasteiger partial charge is 0.454 e. The van der Waals surface area contributed by atoms with Crippen LogP contribution in [0, 0.1) is 5.82 Å². The predicted molar refractivity (Wildman–Crippen MR) is 117 cm³/mol. The van der Waals surface area contributed by atoms with Crippen LogP contribution in [0.5, 0.6) is 11.5 Å². The highest BCUT2D eigenvalue weighted by Gasteiger charge is 2.12. The molecule has 0 radical (unpaired) electrons. The second-order valence-electron chi connectivity index (χ2n) is 6.82. The van der Waals surface area contributed by atoms with E-state index in [1.807, 2.05) is 13.1 Å². The van der Waals surface area contributed by atoms with Crippen molar-refractivity contribution in [2.45, 2.75) is 0 Å². The van der Waals surface area contributed by atoms with Gasteiger partial charge in [0.2, 0.25) is 0 Å². The van der Waals surface area contributed by atoms with Crippen molar-refractivity contribution < 1.29 is 18.7 Å². The molecule has 2 aromatic carbocycles. The Kier molecular flexibility index (Phi) is 5.67. The molecule has 3 amide bonds. The van der Waals surface area contributed by atoms with E-state index in [-0.39, 0.29) is 17.2 Å².